The molecular formula is C29H29O4P. The summed E-state index contributed by atoms with van der Waals surface area (Å²) in [5.41, 5.74) is 0.311. The summed E-state index contributed by atoms with van der Waals surface area (Å²) in [6.07, 6.45) is -3.59. The Balaban J connectivity index is 1.82. The van der Waals surface area contributed by atoms with Crippen molar-refractivity contribution in [1.82, 2.24) is 0 Å². The highest BCUT2D eigenvalue weighted by Gasteiger charge is 2.43. The number of aliphatic hydroxyl groups excluding tert-OH is 3. The first kappa shape index (κ1) is 24.1. The lowest BCUT2D eigenvalue weighted by Gasteiger charge is -2.34. The molecule has 34 heavy (non-hydrogen) atoms. The molecule has 0 saturated carbocycles. The summed E-state index contributed by atoms with van der Waals surface area (Å²) in [7, 11) is -3.46. The Hall–Kier alpha value is -3.01. The topological polar surface area (TPSA) is 77.8 Å². The van der Waals surface area contributed by atoms with Gasteiger partial charge in [0.05, 0.1) is 17.9 Å². The van der Waals surface area contributed by atoms with E-state index < -0.39 is 31.1 Å². The minimum absolute atomic E-state index is 0.0623. The van der Waals surface area contributed by atoms with Gasteiger partial charge in [-0.2, -0.15) is 0 Å². The zero-order chi connectivity index (χ0) is 24.0. The van der Waals surface area contributed by atoms with Crippen LogP contribution in [0.25, 0.3) is 0 Å². The molecule has 0 aliphatic carbocycles. The fourth-order valence-electron chi connectivity index (χ4n) is 4.43. The van der Waals surface area contributed by atoms with Crippen molar-refractivity contribution in [2.24, 2.45) is 0 Å². The van der Waals surface area contributed by atoms with Crippen molar-refractivity contribution in [3.05, 3.63) is 132 Å². The molecule has 4 nitrogen and oxygen atoms in total. The van der Waals surface area contributed by atoms with Crippen LogP contribution in [0.4, 0.5) is 0 Å². The van der Waals surface area contributed by atoms with Crippen LogP contribution >= 0.6 is 7.14 Å². The molecule has 0 unspecified atom stereocenters. The number of aliphatic hydroxyl groups is 3. The Morgan fingerprint density at radius 3 is 1.29 bits per heavy atom. The first-order chi connectivity index (χ1) is 16.5. The fourth-order valence-corrected chi connectivity index (χ4v) is 7.81. The van der Waals surface area contributed by atoms with Crippen molar-refractivity contribution in [3.63, 3.8) is 0 Å². The Labute approximate surface area is 200 Å². The van der Waals surface area contributed by atoms with E-state index in [1.807, 2.05) is 60.7 Å². The van der Waals surface area contributed by atoms with Crippen LogP contribution in [0.2, 0.25) is 0 Å². The van der Waals surface area contributed by atoms with E-state index in [9.17, 15) is 15.3 Å². The van der Waals surface area contributed by atoms with Gasteiger partial charge in [0.25, 0.3) is 0 Å². The summed E-state index contributed by atoms with van der Waals surface area (Å²) < 4.78 is 15.1. The second kappa shape index (κ2) is 10.9. The molecule has 0 aliphatic rings. The zero-order valence-corrected chi connectivity index (χ0v) is 19.7. The highest BCUT2D eigenvalue weighted by Crippen LogP contribution is 2.55. The fraction of sp³-hybridized carbons (Fsp3) is 0.172. The van der Waals surface area contributed by atoms with Crippen molar-refractivity contribution >= 4 is 17.8 Å². The molecule has 5 heteroatoms. The third kappa shape index (κ3) is 5.06. The summed E-state index contributed by atoms with van der Waals surface area (Å²) >= 11 is 0. The highest BCUT2D eigenvalue weighted by atomic mass is 31.2. The normalized spacial score (nSPS) is 15.3. The van der Waals surface area contributed by atoms with Gasteiger partial charge in [-0.15, -0.1) is 0 Å². The molecule has 4 aromatic carbocycles. The van der Waals surface area contributed by atoms with Gasteiger partial charge < -0.3 is 19.9 Å². The monoisotopic (exact) mass is 472 g/mol. The van der Waals surface area contributed by atoms with Crippen LogP contribution in [-0.2, 0) is 4.57 Å². The van der Waals surface area contributed by atoms with E-state index in [0.717, 1.165) is 0 Å². The molecule has 0 radical (unpaired) electrons. The van der Waals surface area contributed by atoms with E-state index in [0.29, 0.717) is 21.7 Å². The maximum atomic E-state index is 15.1. The van der Waals surface area contributed by atoms with Gasteiger partial charge in [0, 0.05) is 10.6 Å². The number of hydrogen-bond donors (Lipinski definition) is 3. The average molecular weight is 473 g/mol. The van der Waals surface area contributed by atoms with Gasteiger partial charge in [-0.1, -0.05) is 121 Å². The van der Waals surface area contributed by atoms with Gasteiger partial charge in [0.2, 0.25) is 0 Å². The van der Waals surface area contributed by atoms with Crippen LogP contribution in [0.5, 0.6) is 0 Å². The predicted molar refractivity (Wildman–Crippen MR) is 137 cm³/mol. The van der Waals surface area contributed by atoms with Crippen LogP contribution in [0.15, 0.2) is 121 Å². The maximum absolute atomic E-state index is 15.1. The number of hydrogen-bond acceptors (Lipinski definition) is 4. The lowest BCUT2D eigenvalue weighted by Crippen LogP contribution is -2.35. The molecule has 4 rings (SSSR count). The molecule has 0 saturated heterocycles. The second-order valence-electron chi connectivity index (χ2n) is 8.41. The van der Waals surface area contributed by atoms with Gasteiger partial charge in [0.1, 0.15) is 13.2 Å². The average Bonchev–Trinajstić information content (AvgIpc) is 2.92. The predicted octanol–water partition coefficient (Wildman–Crippen LogP) is 4.59. The molecule has 0 amide bonds. The minimum Gasteiger partial charge on any atom is -0.390 e. The number of rotatable bonds is 9. The van der Waals surface area contributed by atoms with Crippen molar-refractivity contribution in [2.45, 2.75) is 30.4 Å². The standard InChI is InChI=1S/C29H29O4P/c30-26(28(31)22-13-5-1-6-14-22)21-27(29(32)23-15-7-2-8-16-23)34(33,24-17-9-3-10-18-24)25-19-11-4-12-20-25/h1-20,26-32H,21H2/t26-,27+,28-,29+/m0/s1. The molecular weight excluding hydrogens is 443 g/mol. The Morgan fingerprint density at radius 2 is 0.882 bits per heavy atom. The lowest BCUT2D eigenvalue weighted by molar-refractivity contribution is 0.00533. The Bertz CT molecular complexity index is 1160. The lowest BCUT2D eigenvalue weighted by atomic mass is 9.97. The quantitative estimate of drug-likeness (QED) is 0.312. The van der Waals surface area contributed by atoms with E-state index in [1.54, 1.807) is 60.7 Å². The van der Waals surface area contributed by atoms with E-state index >= 15 is 4.57 Å². The Morgan fingerprint density at radius 1 is 0.529 bits per heavy atom. The summed E-state index contributed by atoms with van der Waals surface area (Å²) in [5, 5.41) is 34.8. The molecule has 4 atom stereocenters. The molecule has 0 aromatic heterocycles. The largest absolute Gasteiger partial charge is 0.390 e. The van der Waals surface area contributed by atoms with Gasteiger partial charge in [-0.25, -0.2) is 0 Å². The smallest absolute Gasteiger partial charge is 0.149 e. The van der Waals surface area contributed by atoms with E-state index in [2.05, 4.69) is 0 Å². The van der Waals surface area contributed by atoms with E-state index in [1.165, 1.54) is 0 Å². The van der Waals surface area contributed by atoms with Gasteiger partial charge >= 0.3 is 0 Å². The first-order valence-electron chi connectivity index (χ1n) is 11.4. The second-order valence-corrected chi connectivity index (χ2v) is 11.4. The van der Waals surface area contributed by atoms with Crippen LogP contribution in [-0.4, -0.2) is 27.1 Å². The van der Waals surface area contributed by atoms with Crippen molar-refractivity contribution < 1.29 is 19.9 Å². The van der Waals surface area contributed by atoms with Gasteiger partial charge in [-0.3, -0.25) is 0 Å². The third-order valence-corrected chi connectivity index (χ3v) is 9.80. The molecule has 0 heterocycles. The molecule has 4 aromatic rings. The Kier molecular flexibility index (Phi) is 7.77. The van der Waals surface area contributed by atoms with Gasteiger partial charge in [0.15, 0.2) is 0 Å². The molecule has 3 N–H and O–H groups in total. The molecule has 0 fully saturated rings. The highest BCUT2D eigenvalue weighted by molar-refractivity contribution is 7.79. The summed E-state index contributed by atoms with van der Waals surface area (Å²) in [4.78, 5) is 0. The number of benzene rings is 4. The zero-order valence-electron chi connectivity index (χ0n) is 18.8. The molecule has 0 bridgehead atoms. The molecule has 0 aliphatic heterocycles. The maximum Gasteiger partial charge on any atom is 0.149 e. The van der Waals surface area contributed by atoms with Crippen LogP contribution in [0.3, 0.4) is 0 Å². The van der Waals surface area contributed by atoms with Crippen LogP contribution < -0.4 is 10.6 Å². The molecule has 174 valence electrons. The van der Waals surface area contributed by atoms with E-state index in [-0.39, 0.29) is 6.42 Å². The van der Waals surface area contributed by atoms with Crippen molar-refractivity contribution in [1.29, 1.82) is 0 Å². The SMILES string of the molecule is O=P(c1ccccc1)(c1ccccc1)[C@H](C[C@H](O)[C@@H](O)c1ccccc1)[C@H](O)c1ccccc1. The van der Waals surface area contributed by atoms with E-state index in [4.69, 9.17) is 0 Å². The minimum atomic E-state index is -3.46. The van der Waals surface area contributed by atoms with Crippen LogP contribution in [0.1, 0.15) is 29.8 Å². The van der Waals surface area contributed by atoms with Crippen molar-refractivity contribution in [3.8, 4) is 0 Å². The summed E-state index contributed by atoms with van der Waals surface area (Å²) in [6, 6.07) is 36.2. The van der Waals surface area contributed by atoms with Gasteiger partial charge in [-0.05, 0) is 17.5 Å². The molecule has 0 spiro atoms. The third-order valence-electron chi connectivity index (χ3n) is 6.24. The van der Waals surface area contributed by atoms with Crippen LogP contribution in [0, 0.1) is 0 Å². The first-order valence-corrected chi connectivity index (χ1v) is 13.1. The summed E-state index contributed by atoms with van der Waals surface area (Å²) in [5.74, 6) is 0. The van der Waals surface area contributed by atoms with Crippen molar-refractivity contribution in [2.75, 3.05) is 0 Å². The summed E-state index contributed by atoms with van der Waals surface area (Å²) in [6.45, 7) is 0.